The Morgan fingerprint density at radius 3 is 1.78 bits per heavy atom. The summed E-state index contributed by atoms with van der Waals surface area (Å²) in [6.07, 6.45) is 0.256. The summed E-state index contributed by atoms with van der Waals surface area (Å²) in [6, 6.07) is 18.6. The largest absolute Gasteiger partial charge is 0.497 e. The van der Waals surface area contributed by atoms with Crippen molar-refractivity contribution in [1.82, 2.24) is 10.9 Å². The molecule has 0 bridgehead atoms. The molecule has 0 spiro atoms. The molecule has 0 unspecified atom stereocenters. The number of carbonyl (C=O) groups is 3. The number of hydrogen-bond donors (Lipinski definition) is 4. The number of ether oxygens (including phenoxy) is 2. The third kappa shape index (κ3) is 5.47. The van der Waals surface area contributed by atoms with Crippen LogP contribution in [0.4, 0.5) is 11.4 Å². The summed E-state index contributed by atoms with van der Waals surface area (Å²) in [5.74, 6) is 0.440. The number of benzene rings is 3. The van der Waals surface area contributed by atoms with Gasteiger partial charge in [-0.3, -0.25) is 25.2 Å². The molecule has 3 amide bonds. The van der Waals surface area contributed by atoms with Gasteiger partial charge in [0.15, 0.2) is 0 Å². The van der Waals surface area contributed by atoms with E-state index in [2.05, 4.69) is 21.5 Å². The van der Waals surface area contributed by atoms with Crippen molar-refractivity contribution in [2.24, 2.45) is 0 Å². The fourth-order valence-corrected chi connectivity index (χ4v) is 3.72. The average Bonchev–Trinajstić information content (AvgIpc) is 2.89. The maximum atomic E-state index is 13.0. The minimum absolute atomic E-state index is 0.132. The number of nitrogens with one attached hydrogen (secondary N) is 4. The van der Waals surface area contributed by atoms with E-state index in [0.717, 1.165) is 16.8 Å². The van der Waals surface area contributed by atoms with Gasteiger partial charge in [0, 0.05) is 16.7 Å². The molecular formula is C27H26N4O5. The van der Waals surface area contributed by atoms with Gasteiger partial charge < -0.3 is 20.1 Å². The maximum Gasteiger partial charge on any atom is 0.255 e. The van der Waals surface area contributed by atoms with E-state index < -0.39 is 0 Å². The van der Waals surface area contributed by atoms with Crippen molar-refractivity contribution in [3.63, 3.8) is 0 Å². The molecule has 4 rings (SSSR count). The number of rotatable bonds is 7. The van der Waals surface area contributed by atoms with Crippen molar-refractivity contribution < 1.29 is 23.9 Å². The molecule has 9 heteroatoms. The molecule has 1 aliphatic heterocycles. The summed E-state index contributed by atoms with van der Waals surface area (Å²) in [5, 5.41) is 5.76. The van der Waals surface area contributed by atoms with Gasteiger partial charge in [-0.1, -0.05) is 6.07 Å². The highest BCUT2D eigenvalue weighted by Gasteiger charge is 2.19. The van der Waals surface area contributed by atoms with Crippen molar-refractivity contribution in [2.75, 3.05) is 24.9 Å². The van der Waals surface area contributed by atoms with Gasteiger partial charge in [0.1, 0.15) is 11.5 Å². The van der Waals surface area contributed by atoms with E-state index >= 15 is 0 Å². The highest BCUT2D eigenvalue weighted by Crippen LogP contribution is 2.30. The molecule has 0 atom stereocenters. The van der Waals surface area contributed by atoms with Crippen LogP contribution in [0.5, 0.6) is 11.5 Å². The Labute approximate surface area is 208 Å². The second-order valence-electron chi connectivity index (χ2n) is 8.13. The Morgan fingerprint density at radius 2 is 1.28 bits per heavy atom. The van der Waals surface area contributed by atoms with Gasteiger partial charge in [0.2, 0.25) is 5.91 Å². The fraction of sp³-hybridized carbons (Fsp3) is 0.148. The Morgan fingerprint density at radius 1 is 0.750 bits per heavy atom. The van der Waals surface area contributed by atoms with Gasteiger partial charge >= 0.3 is 0 Å². The number of amides is 3. The summed E-state index contributed by atoms with van der Waals surface area (Å²) < 4.78 is 10.3. The summed E-state index contributed by atoms with van der Waals surface area (Å²) in [6.45, 7) is 1.86. The molecule has 0 saturated carbocycles. The lowest BCUT2D eigenvalue weighted by molar-refractivity contribution is -0.121. The predicted octanol–water partition coefficient (Wildman–Crippen LogP) is 3.96. The third-order valence-electron chi connectivity index (χ3n) is 5.69. The molecular weight excluding hydrogens is 460 g/mol. The lowest BCUT2D eigenvalue weighted by atomic mass is 10.0. The first kappa shape index (κ1) is 24.3. The Bertz CT molecular complexity index is 1330. The molecule has 1 heterocycles. The zero-order chi connectivity index (χ0) is 25.7. The fourth-order valence-electron chi connectivity index (χ4n) is 3.72. The molecule has 9 nitrogen and oxygen atoms in total. The molecule has 1 aliphatic rings. The summed E-state index contributed by atoms with van der Waals surface area (Å²) in [4.78, 5) is 37.6. The van der Waals surface area contributed by atoms with Crippen molar-refractivity contribution in [1.29, 1.82) is 0 Å². The zero-order valence-corrected chi connectivity index (χ0v) is 20.1. The van der Waals surface area contributed by atoms with Crippen LogP contribution in [-0.2, 0) is 4.79 Å². The topological polar surface area (TPSA) is 118 Å². The van der Waals surface area contributed by atoms with Crippen molar-refractivity contribution in [3.05, 3.63) is 89.0 Å². The van der Waals surface area contributed by atoms with Crippen LogP contribution in [0.15, 0.2) is 72.3 Å². The molecule has 3 aromatic carbocycles. The van der Waals surface area contributed by atoms with Crippen LogP contribution in [0.1, 0.15) is 39.6 Å². The molecule has 0 fully saturated rings. The van der Waals surface area contributed by atoms with E-state index in [9.17, 15) is 14.4 Å². The van der Waals surface area contributed by atoms with Gasteiger partial charge in [-0.15, -0.1) is 0 Å². The van der Waals surface area contributed by atoms with E-state index in [1.54, 1.807) is 80.9 Å². The van der Waals surface area contributed by atoms with Crippen LogP contribution < -0.4 is 31.0 Å². The lowest BCUT2D eigenvalue weighted by Gasteiger charge is -2.22. The number of methoxy groups -OCH3 is 2. The smallest absolute Gasteiger partial charge is 0.255 e. The third-order valence-corrected chi connectivity index (χ3v) is 5.69. The van der Waals surface area contributed by atoms with Crippen LogP contribution in [0, 0.1) is 0 Å². The van der Waals surface area contributed by atoms with Crippen molar-refractivity contribution in [3.8, 4) is 11.5 Å². The first-order valence-corrected chi connectivity index (χ1v) is 11.2. The number of hydrogen-bond acceptors (Lipinski definition) is 6. The van der Waals surface area contributed by atoms with Crippen LogP contribution in [0.2, 0.25) is 0 Å². The van der Waals surface area contributed by atoms with E-state index in [4.69, 9.17) is 9.47 Å². The summed E-state index contributed by atoms with van der Waals surface area (Å²) in [7, 11) is 3.11. The molecule has 0 saturated heterocycles. The lowest BCUT2D eigenvalue weighted by Crippen LogP contribution is -2.40. The molecule has 0 radical (unpaired) electrons. The second kappa shape index (κ2) is 10.6. The van der Waals surface area contributed by atoms with Crippen molar-refractivity contribution in [2.45, 2.75) is 13.3 Å². The van der Waals surface area contributed by atoms with Gasteiger partial charge in [0.05, 0.1) is 37.7 Å². The van der Waals surface area contributed by atoms with E-state index in [0.29, 0.717) is 34.0 Å². The SMILES string of the molecule is COc1ccc(C(=O)Nc2ccc(C3=C(C)CC(=O)NN3)cc2NC(=O)c2ccc(OC)cc2)cc1. The minimum atomic E-state index is -0.356. The van der Waals surface area contributed by atoms with Crippen LogP contribution in [-0.4, -0.2) is 31.9 Å². The second-order valence-corrected chi connectivity index (χ2v) is 8.13. The monoisotopic (exact) mass is 486 g/mol. The standard InChI is InChI=1S/C27H26N4O5/c1-16-14-24(32)30-31-25(16)19-8-13-22(28-26(33)17-4-9-20(35-2)10-5-17)23(15-19)29-27(34)18-6-11-21(36-3)12-7-18/h4-13,15,31H,14H2,1-3H3,(H,28,33)(H,29,34)(H,30,32). The summed E-state index contributed by atoms with van der Waals surface area (Å²) >= 11 is 0. The van der Waals surface area contributed by atoms with Crippen LogP contribution in [0.25, 0.3) is 5.70 Å². The number of carbonyl (C=O) groups excluding carboxylic acids is 3. The molecule has 184 valence electrons. The zero-order valence-electron chi connectivity index (χ0n) is 20.1. The quantitative estimate of drug-likeness (QED) is 0.402. The first-order chi connectivity index (χ1) is 17.4. The molecule has 0 aliphatic carbocycles. The van der Waals surface area contributed by atoms with E-state index in [-0.39, 0.29) is 24.1 Å². The highest BCUT2D eigenvalue weighted by molar-refractivity contribution is 6.10. The molecule has 3 aromatic rings. The maximum absolute atomic E-state index is 13.0. The first-order valence-electron chi connectivity index (χ1n) is 11.2. The van der Waals surface area contributed by atoms with Crippen LogP contribution >= 0.6 is 0 Å². The molecule has 0 aromatic heterocycles. The predicted molar refractivity (Wildman–Crippen MR) is 137 cm³/mol. The van der Waals surface area contributed by atoms with Gasteiger partial charge in [-0.05, 0) is 73.2 Å². The number of anilines is 2. The Kier molecular flexibility index (Phi) is 7.20. The average molecular weight is 487 g/mol. The summed E-state index contributed by atoms with van der Waals surface area (Å²) in [5.41, 5.74) is 9.50. The van der Waals surface area contributed by atoms with Gasteiger partial charge in [-0.2, -0.15) is 0 Å². The van der Waals surface area contributed by atoms with Gasteiger partial charge in [0.25, 0.3) is 11.8 Å². The number of hydrazine groups is 1. The van der Waals surface area contributed by atoms with E-state index in [1.807, 2.05) is 6.92 Å². The Hall–Kier alpha value is -4.79. The van der Waals surface area contributed by atoms with Crippen LogP contribution in [0.3, 0.4) is 0 Å². The van der Waals surface area contributed by atoms with E-state index in [1.165, 1.54) is 0 Å². The highest BCUT2D eigenvalue weighted by atomic mass is 16.5. The Balaban J connectivity index is 1.66. The van der Waals surface area contributed by atoms with Gasteiger partial charge in [-0.25, -0.2) is 0 Å². The molecule has 36 heavy (non-hydrogen) atoms. The normalized spacial score (nSPS) is 12.8. The van der Waals surface area contributed by atoms with Crippen molar-refractivity contribution >= 4 is 34.8 Å². The minimum Gasteiger partial charge on any atom is -0.497 e. The molecule has 4 N–H and O–H groups in total.